The van der Waals surface area contributed by atoms with Gasteiger partial charge in [0.15, 0.2) is 0 Å². The second-order valence-electron chi connectivity index (χ2n) is 5.43. The van der Waals surface area contributed by atoms with Gasteiger partial charge in [-0.2, -0.15) is 5.10 Å². The Balaban J connectivity index is 1.75. The molecule has 0 spiro atoms. The fourth-order valence-corrected chi connectivity index (χ4v) is 2.81. The topological polar surface area (TPSA) is 38.1 Å². The highest BCUT2D eigenvalue weighted by molar-refractivity contribution is 5.79. The van der Waals surface area contributed by atoms with Gasteiger partial charge in [-0.1, -0.05) is 18.2 Å². The van der Waals surface area contributed by atoms with Gasteiger partial charge in [0.05, 0.1) is 12.6 Å². The minimum atomic E-state index is -0.317. The van der Waals surface area contributed by atoms with Gasteiger partial charge < -0.3 is 4.90 Å². The van der Waals surface area contributed by atoms with E-state index in [0.717, 1.165) is 18.4 Å². The predicted molar refractivity (Wildman–Crippen MR) is 77.1 cm³/mol. The van der Waals surface area contributed by atoms with E-state index in [1.807, 2.05) is 17.9 Å². The minimum absolute atomic E-state index is 0.0307. The van der Waals surface area contributed by atoms with Crippen LogP contribution in [0.4, 0.5) is 4.39 Å². The van der Waals surface area contributed by atoms with Crippen molar-refractivity contribution in [3.05, 3.63) is 53.1 Å². The van der Waals surface area contributed by atoms with Gasteiger partial charge in [0.2, 0.25) is 5.91 Å². The first-order chi connectivity index (χ1) is 10.1. The molecule has 1 aliphatic rings. The number of hydrogen-bond acceptors (Lipinski definition) is 2. The molecule has 2 heterocycles. The number of rotatable bonds is 2. The number of aryl methyl sites for hydroxylation is 1. The van der Waals surface area contributed by atoms with E-state index in [2.05, 4.69) is 5.10 Å². The molecule has 0 N–H and O–H groups in total. The van der Waals surface area contributed by atoms with Gasteiger partial charge in [0.1, 0.15) is 5.82 Å². The van der Waals surface area contributed by atoms with Gasteiger partial charge in [-0.25, -0.2) is 4.39 Å². The zero-order valence-electron chi connectivity index (χ0n) is 12.1. The minimum Gasteiger partial charge on any atom is -0.338 e. The van der Waals surface area contributed by atoms with Gasteiger partial charge in [-0.15, -0.1) is 0 Å². The highest BCUT2D eigenvalue weighted by Gasteiger charge is 2.21. The molecule has 3 rings (SSSR count). The largest absolute Gasteiger partial charge is 0.338 e. The average molecular weight is 287 g/mol. The fourth-order valence-electron chi connectivity index (χ4n) is 2.81. The molecule has 2 aromatic rings. The lowest BCUT2D eigenvalue weighted by molar-refractivity contribution is -0.131. The summed E-state index contributed by atoms with van der Waals surface area (Å²) < 4.78 is 15.5. The number of hydrogen-bond donors (Lipinski definition) is 0. The summed E-state index contributed by atoms with van der Waals surface area (Å²) >= 11 is 0. The number of amides is 1. The molecular formula is C16H18FN3O. The van der Waals surface area contributed by atoms with E-state index in [1.54, 1.807) is 23.1 Å². The first-order valence-corrected chi connectivity index (χ1v) is 7.16. The summed E-state index contributed by atoms with van der Waals surface area (Å²) in [5, 5.41) is 4.25. The Hall–Kier alpha value is -2.17. The zero-order chi connectivity index (χ0) is 14.8. The molecule has 0 atom stereocenters. The van der Waals surface area contributed by atoms with E-state index >= 15 is 0 Å². The third-order valence-electron chi connectivity index (χ3n) is 4.00. The second-order valence-corrected chi connectivity index (χ2v) is 5.43. The SMILES string of the molecule is Cn1ncc2c1CCCN(C(=O)Cc1ccccc1F)C2. The van der Waals surface area contributed by atoms with E-state index < -0.39 is 0 Å². The molecule has 1 aromatic carbocycles. The van der Waals surface area contributed by atoms with Crippen LogP contribution >= 0.6 is 0 Å². The Morgan fingerprint density at radius 2 is 2.19 bits per heavy atom. The molecule has 4 nitrogen and oxygen atoms in total. The number of halogens is 1. The van der Waals surface area contributed by atoms with Crippen molar-refractivity contribution in [1.82, 2.24) is 14.7 Å². The van der Waals surface area contributed by atoms with Crippen molar-refractivity contribution in [2.75, 3.05) is 6.54 Å². The van der Waals surface area contributed by atoms with Crippen LogP contribution in [0.25, 0.3) is 0 Å². The number of carbonyl (C=O) groups excluding carboxylic acids is 1. The molecule has 0 saturated carbocycles. The van der Waals surface area contributed by atoms with E-state index in [1.165, 1.54) is 11.8 Å². The van der Waals surface area contributed by atoms with Crippen LogP contribution in [0, 0.1) is 5.82 Å². The summed E-state index contributed by atoms with van der Waals surface area (Å²) in [6.07, 6.45) is 3.77. The molecule has 1 aromatic heterocycles. The summed E-state index contributed by atoms with van der Waals surface area (Å²) in [6.45, 7) is 1.28. The third-order valence-corrected chi connectivity index (χ3v) is 4.00. The monoisotopic (exact) mass is 287 g/mol. The van der Waals surface area contributed by atoms with Crippen LogP contribution in [-0.2, 0) is 31.2 Å². The van der Waals surface area contributed by atoms with Crippen molar-refractivity contribution < 1.29 is 9.18 Å². The first kappa shape index (κ1) is 13.8. The highest BCUT2D eigenvalue weighted by Crippen LogP contribution is 2.19. The summed E-state index contributed by atoms with van der Waals surface area (Å²) in [6, 6.07) is 6.45. The molecule has 5 heteroatoms. The number of aromatic nitrogens is 2. The summed E-state index contributed by atoms with van der Waals surface area (Å²) in [5.41, 5.74) is 2.74. The van der Waals surface area contributed by atoms with Crippen LogP contribution < -0.4 is 0 Å². The lowest BCUT2D eigenvalue weighted by Crippen LogP contribution is -2.32. The molecule has 0 unspecified atom stereocenters. The molecule has 0 aliphatic carbocycles. The van der Waals surface area contributed by atoms with Gasteiger partial charge in [-0.05, 0) is 24.5 Å². The Labute approximate surface area is 123 Å². The summed E-state index contributed by atoms with van der Waals surface area (Å²) in [4.78, 5) is 14.2. The molecule has 0 radical (unpaired) electrons. The van der Waals surface area contributed by atoms with Crippen molar-refractivity contribution in [2.45, 2.75) is 25.8 Å². The highest BCUT2D eigenvalue weighted by atomic mass is 19.1. The lowest BCUT2D eigenvalue weighted by atomic mass is 10.1. The third kappa shape index (κ3) is 2.82. The van der Waals surface area contributed by atoms with E-state index in [-0.39, 0.29) is 18.1 Å². The Morgan fingerprint density at radius 1 is 1.38 bits per heavy atom. The van der Waals surface area contributed by atoms with Crippen molar-refractivity contribution in [3.63, 3.8) is 0 Å². The van der Waals surface area contributed by atoms with E-state index in [9.17, 15) is 9.18 Å². The fraction of sp³-hybridized carbons (Fsp3) is 0.375. The van der Waals surface area contributed by atoms with Crippen LogP contribution in [0.1, 0.15) is 23.2 Å². The van der Waals surface area contributed by atoms with Crippen molar-refractivity contribution in [2.24, 2.45) is 7.05 Å². The molecule has 21 heavy (non-hydrogen) atoms. The molecule has 0 bridgehead atoms. The normalized spacial score (nSPS) is 14.7. The zero-order valence-corrected chi connectivity index (χ0v) is 12.1. The maximum absolute atomic E-state index is 13.7. The van der Waals surface area contributed by atoms with Gasteiger partial charge in [0.25, 0.3) is 0 Å². The molecule has 110 valence electrons. The number of fused-ring (bicyclic) bond motifs is 1. The number of nitrogens with zero attached hydrogens (tertiary/aromatic N) is 3. The maximum Gasteiger partial charge on any atom is 0.227 e. The van der Waals surface area contributed by atoms with Crippen molar-refractivity contribution >= 4 is 5.91 Å². The molecular weight excluding hydrogens is 269 g/mol. The molecule has 0 saturated heterocycles. The number of benzene rings is 1. The first-order valence-electron chi connectivity index (χ1n) is 7.16. The standard InChI is InChI=1S/C16H18FN3O/c1-19-15-7-4-8-20(11-13(15)10-18-19)16(21)9-12-5-2-3-6-14(12)17/h2-3,5-6,10H,4,7-9,11H2,1H3. The smallest absolute Gasteiger partial charge is 0.227 e. The second kappa shape index (κ2) is 5.68. The van der Waals surface area contributed by atoms with Crippen LogP contribution in [0.15, 0.2) is 30.5 Å². The summed E-state index contributed by atoms with van der Waals surface area (Å²) in [5.74, 6) is -0.348. The van der Waals surface area contributed by atoms with Gasteiger partial charge in [0, 0.05) is 31.4 Å². The quantitative estimate of drug-likeness (QED) is 0.848. The maximum atomic E-state index is 13.7. The lowest BCUT2D eigenvalue weighted by Gasteiger charge is -2.20. The van der Waals surface area contributed by atoms with Crippen molar-refractivity contribution in [3.8, 4) is 0 Å². The summed E-state index contributed by atoms with van der Waals surface area (Å²) in [7, 11) is 1.93. The van der Waals surface area contributed by atoms with Crippen LogP contribution in [0.3, 0.4) is 0 Å². The molecule has 1 amide bonds. The van der Waals surface area contributed by atoms with Crippen LogP contribution in [-0.4, -0.2) is 27.1 Å². The average Bonchev–Trinajstić information content (AvgIpc) is 2.71. The Bertz CT molecular complexity index is 665. The van der Waals surface area contributed by atoms with Crippen LogP contribution in [0.5, 0.6) is 0 Å². The number of carbonyl (C=O) groups is 1. The Morgan fingerprint density at radius 3 is 3.00 bits per heavy atom. The molecule has 1 aliphatic heterocycles. The molecule has 0 fully saturated rings. The predicted octanol–water partition coefficient (Wildman–Crippen LogP) is 2.08. The van der Waals surface area contributed by atoms with Crippen molar-refractivity contribution in [1.29, 1.82) is 0 Å². The van der Waals surface area contributed by atoms with Gasteiger partial charge >= 0.3 is 0 Å². The van der Waals surface area contributed by atoms with E-state index in [4.69, 9.17) is 0 Å². The van der Waals surface area contributed by atoms with E-state index in [0.29, 0.717) is 18.7 Å². The van der Waals surface area contributed by atoms with Crippen LogP contribution in [0.2, 0.25) is 0 Å². The van der Waals surface area contributed by atoms with Gasteiger partial charge in [-0.3, -0.25) is 9.48 Å². The Kier molecular flexibility index (Phi) is 3.73.